The lowest BCUT2D eigenvalue weighted by molar-refractivity contribution is 0.590. The summed E-state index contributed by atoms with van der Waals surface area (Å²) in [4.78, 5) is 0. The zero-order valence-corrected chi connectivity index (χ0v) is 20.2. The summed E-state index contributed by atoms with van der Waals surface area (Å²) in [5.41, 5.74) is 11.3. The van der Waals surface area contributed by atoms with E-state index in [1.54, 1.807) is 0 Å². The van der Waals surface area contributed by atoms with Crippen LogP contribution in [0.15, 0.2) is 60.7 Å². The van der Waals surface area contributed by atoms with Crippen LogP contribution in [0.1, 0.15) is 77.6 Å². The summed E-state index contributed by atoms with van der Waals surface area (Å²) >= 11 is 0. The van der Waals surface area contributed by atoms with Gasteiger partial charge in [0.25, 0.3) is 0 Å². The predicted molar refractivity (Wildman–Crippen MR) is 133 cm³/mol. The molecule has 30 heavy (non-hydrogen) atoms. The highest BCUT2D eigenvalue weighted by Crippen LogP contribution is 2.37. The Morgan fingerprint density at radius 2 is 0.800 bits per heavy atom. The summed E-state index contributed by atoms with van der Waals surface area (Å²) < 4.78 is 0. The van der Waals surface area contributed by atoms with Crippen LogP contribution in [-0.4, -0.2) is 0 Å². The summed E-state index contributed by atoms with van der Waals surface area (Å²) in [6, 6.07) is 23.2. The fraction of sp³-hybridized carbons (Fsp3) is 0.400. The summed E-state index contributed by atoms with van der Waals surface area (Å²) in [6.07, 6.45) is 2.14. The summed E-state index contributed by atoms with van der Waals surface area (Å²) in [5, 5.41) is 0. The lowest BCUT2D eigenvalue weighted by atomic mass is 9.83. The van der Waals surface area contributed by atoms with E-state index in [0.29, 0.717) is 0 Å². The third-order valence-corrected chi connectivity index (χ3v) is 6.23. The van der Waals surface area contributed by atoms with Crippen LogP contribution in [0, 0.1) is 0 Å². The molecule has 0 aliphatic carbocycles. The maximum absolute atomic E-state index is 2.43. The van der Waals surface area contributed by atoms with E-state index >= 15 is 0 Å². The van der Waals surface area contributed by atoms with Gasteiger partial charge in [0.1, 0.15) is 0 Å². The molecule has 0 aromatic heterocycles. The standard InChI is InChI=1S/C30H38/c1-9-21-19-27(23-11-15-25(16-12-23)29(3,4)5)28(20-22(21)10-2)24-13-17-26(18-14-24)30(6,7)8/h11-20H,9-10H2,1-8H3. The van der Waals surface area contributed by atoms with Crippen molar-refractivity contribution in [1.29, 1.82) is 0 Å². The quantitative estimate of drug-likeness (QED) is 0.412. The van der Waals surface area contributed by atoms with E-state index < -0.39 is 0 Å². The molecular formula is C30H38. The second-order valence-corrected chi connectivity index (χ2v) is 10.5. The minimum atomic E-state index is 0.171. The minimum Gasteiger partial charge on any atom is -0.0613 e. The van der Waals surface area contributed by atoms with Gasteiger partial charge in [0.15, 0.2) is 0 Å². The number of rotatable bonds is 4. The third-order valence-electron chi connectivity index (χ3n) is 6.23. The van der Waals surface area contributed by atoms with Gasteiger partial charge in [0.05, 0.1) is 0 Å². The van der Waals surface area contributed by atoms with Crippen LogP contribution in [0.25, 0.3) is 22.3 Å². The van der Waals surface area contributed by atoms with Crippen molar-refractivity contribution in [1.82, 2.24) is 0 Å². The number of hydrogen-bond donors (Lipinski definition) is 0. The fourth-order valence-electron chi connectivity index (χ4n) is 4.12. The van der Waals surface area contributed by atoms with E-state index in [4.69, 9.17) is 0 Å². The van der Waals surface area contributed by atoms with Gasteiger partial charge in [0.2, 0.25) is 0 Å². The Bertz CT molecular complexity index is 904. The molecule has 0 aliphatic heterocycles. The van der Waals surface area contributed by atoms with Crippen LogP contribution in [0.5, 0.6) is 0 Å². The molecule has 3 aromatic carbocycles. The molecule has 0 saturated heterocycles. The van der Waals surface area contributed by atoms with Gasteiger partial charge in [0, 0.05) is 0 Å². The van der Waals surface area contributed by atoms with Crippen molar-refractivity contribution >= 4 is 0 Å². The first kappa shape index (κ1) is 22.3. The minimum absolute atomic E-state index is 0.171. The lowest BCUT2D eigenvalue weighted by Gasteiger charge is -2.21. The first-order chi connectivity index (χ1) is 14.0. The Morgan fingerprint density at radius 3 is 1.03 bits per heavy atom. The molecule has 0 amide bonds. The van der Waals surface area contributed by atoms with Crippen LogP contribution in [0.3, 0.4) is 0 Å². The van der Waals surface area contributed by atoms with Gasteiger partial charge in [-0.05, 0) is 68.2 Å². The second-order valence-electron chi connectivity index (χ2n) is 10.5. The summed E-state index contributed by atoms with van der Waals surface area (Å²) in [6.45, 7) is 18.2. The van der Waals surface area contributed by atoms with Crippen molar-refractivity contribution in [3.63, 3.8) is 0 Å². The molecule has 0 nitrogen and oxygen atoms in total. The average molecular weight is 399 g/mol. The zero-order chi connectivity index (χ0) is 22.1. The molecule has 0 heterocycles. The van der Waals surface area contributed by atoms with Crippen molar-refractivity contribution in [3.05, 3.63) is 82.9 Å². The molecule has 0 radical (unpaired) electrons. The Labute approximate surface area is 184 Å². The summed E-state index contributed by atoms with van der Waals surface area (Å²) in [5.74, 6) is 0. The van der Waals surface area contributed by atoms with E-state index in [2.05, 4.69) is 116 Å². The van der Waals surface area contributed by atoms with Gasteiger partial charge >= 0.3 is 0 Å². The van der Waals surface area contributed by atoms with Crippen molar-refractivity contribution in [2.45, 2.75) is 79.1 Å². The Morgan fingerprint density at radius 1 is 0.500 bits per heavy atom. The largest absolute Gasteiger partial charge is 0.0613 e. The number of hydrogen-bond acceptors (Lipinski definition) is 0. The molecule has 0 unspecified atom stereocenters. The van der Waals surface area contributed by atoms with E-state index in [-0.39, 0.29) is 10.8 Å². The van der Waals surface area contributed by atoms with Gasteiger partial charge in [-0.15, -0.1) is 0 Å². The number of aryl methyl sites for hydroxylation is 2. The van der Waals surface area contributed by atoms with E-state index in [1.165, 1.54) is 44.5 Å². The summed E-state index contributed by atoms with van der Waals surface area (Å²) in [7, 11) is 0. The maximum Gasteiger partial charge on any atom is -0.0102 e. The zero-order valence-electron chi connectivity index (χ0n) is 20.2. The molecule has 3 aromatic rings. The van der Waals surface area contributed by atoms with Crippen LogP contribution in [0.4, 0.5) is 0 Å². The van der Waals surface area contributed by atoms with Gasteiger partial charge < -0.3 is 0 Å². The highest BCUT2D eigenvalue weighted by atomic mass is 14.2. The molecule has 0 spiro atoms. The first-order valence-corrected chi connectivity index (χ1v) is 11.4. The highest BCUT2D eigenvalue weighted by molar-refractivity contribution is 5.85. The van der Waals surface area contributed by atoms with Crippen LogP contribution in [-0.2, 0) is 23.7 Å². The number of benzene rings is 3. The van der Waals surface area contributed by atoms with Gasteiger partial charge in [-0.3, -0.25) is 0 Å². The third kappa shape index (κ3) is 4.69. The van der Waals surface area contributed by atoms with Gasteiger partial charge in [-0.1, -0.05) is 116 Å². The Kier molecular flexibility index (Phi) is 6.27. The van der Waals surface area contributed by atoms with Crippen molar-refractivity contribution in [3.8, 4) is 22.3 Å². The monoisotopic (exact) mass is 398 g/mol. The molecule has 0 heteroatoms. The SMILES string of the molecule is CCc1cc(-c2ccc(C(C)(C)C)cc2)c(-c2ccc(C(C)(C)C)cc2)cc1CC. The Balaban J connectivity index is 2.17. The maximum atomic E-state index is 2.43. The molecule has 3 rings (SSSR count). The highest BCUT2D eigenvalue weighted by Gasteiger charge is 2.17. The Hall–Kier alpha value is -2.34. The van der Waals surface area contributed by atoms with E-state index in [0.717, 1.165) is 12.8 Å². The molecule has 0 aliphatic rings. The van der Waals surface area contributed by atoms with E-state index in [1.807, 2.05) is 0 Å². The predicted octanol–water partition coefficient (Wildman–Crippen LogP) is 8.74. The van der Waals surface area contributed by atoms with Crippen molar-refractivity contribution in [2.75, 3.05) is 0 Å². The molecule has 0 atom stereocenters. The molecule has 0 fully saturated rings. The molecule has 0 N–H and O–H groups in total. The van der Waals surface area contributed by atoms with Crippen LogP contribution in [0.2, 0.25) is 0 Å². The van der Waals surface area contributed by atoms with Crippen LogP contribution < -0.4 is 0 Å². The molecule has 158 valence electrons. The molecule has 0 saturated carbocycles. The first-order valence-electron chi connectivity index (χ1n) is 11.4. The van der Waals surface area contributed by atoms with Crippen molar-refractivity contribution < 1.29 is 0 Å². The topological polar surface area (TPSA) is 0 Å². The molecular weight excluding hydrogens is 360 g/mol. The van der Waals surface area contributed by atoms with Gasteiger partial charge in [-0.2, -0.15) is 0 Å². The average Bonchev–Trinajstić information content (AvgIpc) is 2.71. The smallest absolute Gasteiger partial charge is 0.0102 e. The van der Waals surface area contributed by atoms with Gasteiger partial charge in [-0.25, -0.2) is 0 Å². The molecule has 0 bridgehead atoms. The van der Waals surface area contributed by atoms with Crippen molar-refractivity contribution in [2.24, 2.45) is 0 Å². The second kappa shape index (κ2) is 8.42. The normalized spacial score (nSPS) is 12.3. The fourth-order valence-corrected chi connectivity index (χ4v) is 4.12. The van der Waals surface area contributed by atoms with E-state index in [9.17, 15) is 0 Å². The van der Waals surface area contributed by atoms with Crippen LogP contribution >= 0.6 is 0 Å². The lowest BCUT2D eigenvalue weighted by Crippen LogP contribution is -2.10.